The minimum Gasteiger partial charge on any atom is -0.345 e. The minimum absolute atomic E-state index is 0.000246. The van der Waals surface area contributed by atoms with E-state index >= 15 is 0 Å². The van der Waals surface area contributed by atoms with Crippen LogP contribution in [0.4, 0.5) is 15.8 Å². The Balaban J connectivity index is 1.92. The van der Waals surface area contributed by atoms with Gasteiger partial charge in [0.2, 0.25) is 0 Å². The van der Waals surface area contributed by atoms with Crippen molar-refractivity contribution in [2.24, 2.45) is 0 Å². The van der Waals surface area contributed by atoms with Crippen LogP contribution in [0.2, 0.25) is 0 Å². The third kappa shape index (κ3) is 5.23. The third-order valence-electron chi connectivity index (χ3n) is 4.40. The van der Waals surface area contributed by atoms with Gasteiger partial charge in [-0.3, -0.25) is 25.0 Å². The van der Waals surface area contributed by atoms with Gasteiger partial charge in [-0.25, -0.2) is 4.39 Å². The minimum atomic E-state index is -0.627. The summed E-state index contributed by atoms with van der Waals surface area (Å²) in [7, 11) is 0. The van der Waals surface area contributed by atoms with Crippen molar-refractivity contribution in [2.75, 3.05) is 0 Å². The Morgan fingerprint density at radius 1 is 0.935 bits per heavy atom. The van der Waals surface area contributed by atoms with E-state index in [0.29, 0.717) is 10.5 Å². The monoisotopic (exact) mass is 441 g/mol. The fourth-order valence-corrected chi connectivity index (χ4v) is 3.76. The van der Waals surface area contributed by atoms with Crippen LogP contribution in [-0.4, -0.2) is 15.8 Å². The van der Waals surface area contributed by atoms with Crippen molar-refractivity contribution in [3.8, 4) is 0 Å². The third-order valence-corrected chi connectivity index (χ3v) is 5.53. The van der Waals surface area contributed by atoms with Crippen LogP contribution in [0.3, 0.4) is 0 Å². The molecule has 0 radical (unpaired) electrons. The summed E-state index contributed by atoms with van der Waals surface area (Å²) in [5, 5.41) is 24.9. The number of hydrogen-bond acceptors (Lipinski definition) is 6. The van der Waals surface area contributed by atoms with Gasteiger partial charge in [0.05, 0.1) is 21.5 Å². The molecule has 3 aromatic rings. The smallest absolute Gasteiger partial charge is 0.270 e. The van der Waals surface area contributed by atoms with E-state index in [4.69, 9.17) is 0 Å². The van der Waals surface area contributed by atoms with Crippen LogP contribution >= 0.6 is 11.8 Å². The van der Waals surface area contributed by atoms with Crippen molar-refractivity contribution < 1.29 is 19.0 Å². The maximum atomic E-state index is 14.1. The molecule has 1 unspecified atom stereocenters. The summed E-state index contributed by atoms with van der Waals surface area (Å²) in [6.45, 7) is 1.64. The van der Waals surface area contributed by atoms with Gasteiger partial charge in [0, 0.05) is 34.1 Å². The number of amides is 1. The normalized spacial score (nSPS) is 11.5. The summed E-state index contributed by atoms with van der Waals surface area (Å²) >= 11 is 0.971. The number of carbonyl (C=O) groups is 1. The van der Waals surface area contributed by atoms with Gasteiger partial charge in [-0.05, 0) is 30.7 Å². The maximum absolute atomic E-state index is 14.1. The Kier molecular flexibility index (Phi) is 6.61. The highest BCUT2D eigenvalue weighted by Crippen LogP contribution is 2.34. The van der Waals surface area contributed by atoms with Gasteiger partial charge in [-0.15, -0.1) is 0 Å². The Morgan fingerprint density at radius 2 is 1.61 bits per heavy atom. The molecule has 31 heavy (non-hydrogen) atoms. The number of nitrogens with zero attached hydrogens (tertiary/aromatic N) is 2. The predicted octanol–water partition coefficient (Wildman–Crippen LogP) is 5.28. The number of non-ortho nitro benzene ring substituents is 2. The van der Waals surface area contributed by atoms with Crippen molar-refractivity contribution in [3.05, 3.63) is 104 Å². The molecule has 8 nitrogen and oxygen atoms in total. The number of nitrogens with one attached hydrogen (secondary N) is 1. The number of nitro groups is 2. The fraction of sp³-hybridized carbons (Fsp3) is 0.0952. The highest BCUT2D eigenvalue weighted by Gasteiger charge is 2.21. The molecular weight excluding hydrogens is 425 g/mol. The summed E-state index contributed by atoms with van der Waals surface area (Å²) in [4.78, 5) is 34.5. The van der Waals surface area contributed by atoms with Crippen LogP contribution in [0.5, 0.6) is 0 Å². The first-order valence-electron chi connectivity index (χ1n) is 9.02. The first-order valence-corrected chi connectivity index (χ1v) is 9.84. The van der Waals surface area contributed by atoms with E-state index in [-0.39, 0.29) is 21.8 Å². The number of hydrogen-bond donors (Lipinski definition) is 1. The van der Waals surface area contributed by atoms with E-state index in [0.717, 1.165) is 17.8 Å². The average Bonchev–Trinajstić information content (AvgIpc) is 2.75. The van der Waals surface area contributed by atoms with E-state index in [1.807, 2.05) is 0 Å². The van der Waals surface area contributed by atoms with Gasteiger partial charge in [-0.1, -0.05) is 36.0 Å². The molecule has 0 spiro atoms. The SMILES string of the molecule is CC(NC(=O)c1cc([N+](=O)[O-])ccc1Sc1ccccc1F)c1cccc([N+](=O)[O-])c1. The van der Waals surface area contributed by atoms with E-state index in [1.165, 1.54) is 48.5 Å². The second-order valence-electron chi connectivity index (χ2n) is 6.52. The standard InChI is InChI=1S/C21H16FN3O5S/c1-13(14-5-4-6-15(11-14)24(27)28)23-21(26)17-12-16(25(29)30)9-10-19(17)31-20-8-3-2-7-18(20)22/h2-13H,1H3,(H,23,26). The molecule has 3 aromatic carbocycles. The van der Waals surface area contributed by atoms with Crippen molar-refractivity contribution in [2.45, 2.75) is 22.8 Å². The van der Waals surface area contributed by atoms with Crippen LogP contribution in [0.15, 0.2) is 76.5 Å². The Hall–Kier alpha value is -3.79. The van der Waals surface area contributed by atoms with Crippen molar-refractivity contribution in [1.82, 2.24) is 5.32 Å². The molecule has 1 atom stereocenters. The summed E-state index contributed by atoms with van der Waals surface area (Å²) in [6, 6.07) is 14.9. The molecule has 0 aromatic heterocycles. The van der Waals surface area contributed by atoms with Crippen LogP contribution in [-0.2, 0) is 0 Å². The molecule has 1 N–H and O–H groups in total. The van der Waals surface area contributed by atoms with Crippen LogP contribution in [0.1, 0.15) is 28.9 Å². The quantitative estimate of drug-likeness (QED) is 0.394. The van der Waals surface area contributed by atoms with Gasteiger partial charge < -0.3 is 5.32 Å². The van der Waals surface area contributed by atoms with Crippen molar-refractivity contribution in [1.29, 1.82) is 0 Å². The summed E-state index contributed by atoms with van der Waals surface area (Å²) in [6.07, 6.45) is 0. The zero-order chi connectivity index (χ0) is 22.5. The number of carbonyl (C=O) groups excluding carboxylic acids is 1. The second kappa shape index (κ2) is 9.35. The Bertz CT molecular complexity index is 1170. The van der Waals surface area contributed by atoms with Gasteiger partial charge in [0.15, 0.2) is 0 Å². The molecule has 0 aliphatic carbocycles. The molecule has 0 saturated carbocycles. The molecule has 0 saturated heterocycles. The number of nitro benzene ring substituents is 2. The average molecular weight is 441 g/mol. The molecule has 0 bridgehead atoms. The van der Waals surface area contributed by atoms with Crippen molar-refractivity contribution in [3.63, 3.8) is 0 Å². The lowest BCUT2D eigenvalue weighted by Crippen LogP contribution is -2.27. The first kappa shape index (κ1) is 21.9. The van der Waals surface area contributed by atoms with Crippen LogP contribution in [0, 0.1) is 26.0 Å². The van der Waals surface area contributed by atoms with E-state index in [2.05, 4.69) is 5.32 Å². The van der Waals surface area contributed by atoms with E-state index in [1.54, 1.807) is 19.1 Å². The molecule has 1 amide bonds. The molecule has 0 aliphatic rings. The lowest BCUT2D eigenvalue weighted by Gasteiger charge is -2.16. The topological polar surface area (TPSA) is 115 Å². The van der Waals surface area contributed by atoms with Gasteiger partial charge in [0.1, 0.15) is 5.82 Å². The van der Waals surface area contributed by atoms with E-state index in [9.17, 15) is 29.4 Å². The van der Waals surface area contributed by atoms with Crippen LogP contribution < -0.4 is 5.32 Å². The first-order chi connectivity index (χ1) is 14.8. The number of rotatable bonds is 7. The highest BCUT2D eigenvalue weighted by molar-refractivity contribution is 7.99. The highest BCUT2D eigenvalue weighted by atomic mass is 32.2. The number of benzene rings is 3. The summed E-state index contributed by atoms with van der Waals surface area (Å²) in [5.74, 6) is -1.11. The second-order valence-corrected chi connectivity index (χ2v) is 7.60. The van der Waals surface area contributed by atoms with Crippen molar-refractivity contribution >= 4 is 29.0 Å². The largest absolute Gasteiger partial charge is 0.345 e. The summed E-state index contributed by atoms with van der Waals surface area (Å²) in [5.41, 5.74) is 0.0896. The molecule has 10 heteroatoms. The Labute approximate surface area is 180 Å². The zero-order valence-corrected chi connectivity index (χ0v) is 17.0. The van der Waals surface area contributed by atoms with Crippen LogP contribution in [0.25, 0.3) is 0 Å². The lowest BCUT2D eigenvalue weighted by molar-refractivity contribution is -0.385. The molecule has 0 heterocycles. The predicted molar refractivity (Wildman–Crippen MR) is 113 cm³/mol. The number of halogens is 1. The maximum Gasteiger partial charge on any atom is 0.270 e. The fourth-order valence-electron chi connectivity index (χ4n) is 2.81. The van der Waals surface area contributed by atoms with Gasteiger partial charge >= 0.3 is 0 Å². The lowest BCUT2D eigenvalue weighted by atomic mass is 10.1. The molecule has 158 valence electrons. The van der Waals surface area contributed by atoms with Gasteiger partial charge in [-0.2, -0.15) is 0 Å². The zero-order valence-electron chi connectivity index (χ0n) is 16.2. The molecule has 0 fully saturated rings. The molecular formula is C21H16FN3O5S. The summed E-state index contributed by atoms with van der Waals surface area (Å²) < 4.78 is 14.1. The molecule has 0 aliphatic heterocycles. The van der Waals surface area contributed by atoms with Gasteiger partial charge in [0.25, 0.3) is 17.3 Å². The molecule has 3 rings (SSSR count). The Morgan fingerprint density at radius 3 is 2.29 bits per heavy atom. The van der Waals surface area contributed by atoms with E-state index < -0.39 is 27.6 Å².